The van der Waals surface area contributed by atoms with E-state index in [0.29, 0.717) is 0 Å². The first-order valence-corrected chi connectivity index (χ1v) is 18.1. The van der Waals surface area contributed by atoms with E-state index < -0.39 is 0 Å². The average molecular weight is 668 g/mol. The number of hydrogen-bond donors (Lipinski definition) is 0. The maximum atomic E-state index is 2.44. The molecule has 3 nitrogen and oxygen atoms in total. The Hall–Kier alpha value is -6.58. The zero-order valence-electron chi connectivity index (χ0n) is 29.1. The number of anilines is 6. The van der Waals surface area contributed by atoms with E-state index in [9.17, 15) is 0 Å². The first kappa shape index (κ1) is 30.3. The van der Waals surface area contributed by atoms with Gasteiger partial charge >= 0.3 is 0 Å². The Balaban J connectivity index is 1.20. The van der Waals surface area contributed by atoms with E-state index in [4.69, 9.17) is 0 Å². The largest absolute Gasteiger partial charge is 0.296 e. The molecule has 248 valence electrons. The number of para-hydroxylation sites is 3. The van der Waals surface area contributed by atoms with Crippen LogP contribution in [0.5, 0.6) is 0 Å². The van der Waals surface area contributed by atoms with E-state index in [2.05, 4.69) is 203 Å². The minimum Gasteiger partial charge on any atom is -0.296 e. The van der Waals surface area contributed by atoms with Gasteiger partial charge in [-0.15, -0.1) is 0 Å². The lowest BCUT2D eigenvalue weighted by molar-refractivity contribution is 1.01. The Morgan fingerprint density at radius 1 is 0.385 bits per heavy atom. The SMILES string of the molecule is Cc1cc(N(c2ccccc2)c2ccc3c(c2)Cc2ccccc2-3)n(-c2ccccc2)c1N(c1ccccc1)c1ccc2c(c1)Cc1ccccc1-2. The van der Waals surface area contributed by atoms with Gasteiger partial charge in [0.05, 0.1) is 0 Å². The summed E-state index contributed by atoms with van der Waals surface area (Å²) in [5.41, 5.74) is 17.6. The molecule has 0 atom stereocenters. The summed E-state index contributed by atoms with van der Waals surface area (Å²) in [6, 6.07) is 66.4. The van der Waals surface area contributed by atoms with Crippen molar-refractivity contribution in [3.05, 3.63) is 210 Å². The van der Waals surface area contributed by atoms with Gasteiger partial charge in [0.2, 0.25) is 0 Å². The van der Waals surface area contributed by atoms with Gasteiger partial charge < -0.3 is 0 Å². The summed E-state index contributed by atoms with van der Waals surface area (Å²) in [7, 11) is 0. The summed E-state index contributed by atoms with van der Waals surface area (Å²) >= 11 is 0. The normalized spacial score (nSPS) is 12.2. The van der Waals surface area contributed by atoms with Crippen LogP contribution in [0.4, 0.5) is 34.4 Å². The molecule has 0 spiro atoms. The third kappa shape index (κ3) is 4.97. The molecule has 3 heteroatoms. The van der Waals surface area contributed by atoms with Crippen molar-refractivity contribution in [2.75, 3.05) is 9.80 Å². The van der Waals surface area contributed by atoms with Crippen LogP contribution >= 0.6 is 0 Å². The fourth-order valence-electron chi connectivity index (χ4n) is 8.38. The molecule has 2 aliphatic rings. The van der Waals surface area contributed by atoms with E-state index in [0.717, 1.165) is 52.9 Å². The van der Waals surface area contributed by atoms with Gasteiger partial charge in [-0.1, -0.05) is 115 Å². The van der Waals surface area contributed by atoms with E-state index in [1.807, 2.05) is 0 Å². The van der Waals surface area contributed by atoms with Gasteiger partial charge in [0.1, 0.15) is 11.6 Å². The van der Waals surface area contributed by atoms with Crippen LogP contribution < -0.4 is 9.80 Å². The second-order valence-electron chi connectivity index (χ2n) is 13.9. The number of nitrogens with zero attached hydrogens (tertiary/aromatic N) is 3. The molecule has 8 aromatic rings. The number of aromatic nitrogens is 1. The van der Waals surface area contributed by atoms with Crippen molar-refractivity contribution < 1.29 is 0 Å². The van der Waals surface area contributed by atoms with Crippen LogP contribution in [0.3, 0.4) is 0 Å². The molecule has 0 unspecified atom stereocenters. The molecular formula is C49H37N3. The highest BCUT2D eigenvalue weighted by molar-refractivity contribution is 5.88. The number of aryl methyl sites for hydroxylation is 1. The number of fused-ring (bicyclic) bond motifs is 6. The second-order valence-corrected chi connectivity index (χ2v) is 13.9. The van der Waals surface area contributed by atoms with Crippen molar-refractivity contribution in [1.29, 1.82) is 0 Å². The molecule has 0 fully saturated rings. The molecule has 0 amide bonds. The lowest BCUT2D eigenvalue weighted by atomic mass is 10.0. The van der Waals surface area contributed by atoms with Crippen molar-refractivity contribution in [3.63, 3.8) is 0 Å². The van der Waals surface area contributed by atoms with Gasteiger partial charge in [-0.25, -0.2) is 0 Å². The van der Waals surface area contributed by atoms with E-state index in [-0.39, 0.29) is 0 Å². The third-order valence-corrected chi connectivity index (χ3v) is 10.7. The van der Waals surface area contributed by atoms with Crippen molar-refractivity contribution in [2.24, 2.45) is 0 Å². The molecule has 52 heavy (non-hydrogen) atoms. The highest BCUT2D eigenvalue weighted by Crippen LogP contribution is 2.48. The maximum absolute atomic E-state index is 2.44. The minimum absolute atomic E-state index is 0.940. The minimum atomic E-state index is 0.940. The molecular weight excluding hydrogens is 631 g/mol. The monoisotopic (exact) mass is 667 g/mol. The van der Waals surface area contributed by atoms with Gasteiger partial charge in [0, 0.05) is 28.4 Å². The molecule has 10 rings (SSSR count). The summed E-state index contributed by atoms with van der Waals surface area (Å²) in [4.78, 5) is 4.87. The zero-order chi connectivity index (χ0) is 34.6. The van der Waals surface area contributed by atoms with Crippen LogP contribution in [0.25, 0.3) is 27.9 Å². The van der Waals surface area contributed by atoms with E-state index >= 15 is 0 Å². The Bertz CT molecular complexity index is 2580. The van der Waals surface area contributed by atoms with Crippen molar-refractivity contribution >= 4 is 34.4 Å². The fraction of sp³-hybridized carbons (Fsp3) is 0.0612. The maximum Gasteiger partial charge on any atom is 0.127 e. The quantitative estimate of drug-likeness (QED) is 0.168. The standard InChI is InChI=1S/C49H37N3/c1-34-29-48(50(39-17-5-2-6-18-39)42-25-27-46-37(32-42)30-35-15-11-13-23-44(35)46)52(41-21-9-4-10-22-41)49(34)51(40-19-7-3-8-20-40)43-26-28-47-38(33-43)31-36-16-12-14-24-45(36)47/h2-29,32-33H,30-31H2,1H3. The second kappa shape index (κ2) is 12.3. The van der Waals surface area contributed by atoms with Gasteiger partial charge in [-0.2, -0.15) is 0 Å². The van der Waals surface area contributed by atoms with Crippen molar-refractivity contribution in [3.8, 4) is 27.9 Å². The van der Waals surface area contributed by atoms with Crippen LogP contribution in [0.2, 0.25) is 0 Å². The number of benzene rings is 7. The van der Waals surface area contributed by atoms with Crippen LogP contribution in [0.1, 0.15) is 27.8 Å². The van der Waals surface area contributed by atoms with Gasteiger partial charge in [0.25, 0.3) is 0 Å². The highest BCUT2D eigenvalue weighted by atomic mass is 15.3. The van der Waals surface area contributed by atoms with Gasteiger partial charge in [-0.3, -0.25) is 14.4 Å². The molecule has 1 heterocycles. The molecule has 0 radical (unpaired) electrons. The van der Waals surface area contributed by atoms with Crippen molar-refractivity contribution in [1.82, 2.24) is 4.57 Å². The Morgan fingerprint density at radius 3 is 1.38 bits per heavy atom. The predicted octanol–water partition coefficient (Wildman–Crippen LogP) is 12.9. The summed E-state index contributed by atoms with van der Waals surface area (Å²) in [5.74, 6) is 2.19. The van der Waals surface area contributed by atoms with Crippen LogP contribution in [-0.2, 0) is 12.8 Å². The molecule has 1 aromatic heterocycles. The van der Waals surface area contributed by atoms with Crippen molar-refractivity contribution in [2.45, 2.75) is 19.8 Å². The number of rotatable bonds is 7. The average Bonchev–Trinajstić information content (AvgIpc) is 3.87. The molecule has 0 bridgehead atoms. The summed E-state index contributed by atoms with van der Waals surface area (Å²) in [6.07, 6.45) is 1.88. The third-order valence-electron chi connectivity index (χ3n) is 10.7. The first-order valence-electron chi connectivity index (χ1n) is 18.1. The molecule has 0 aliphatic heterocycles. The van der Waals surface area contributed by atoms with E-state index in [1.54, 1.807) is 0 Å². The Morgan fingerprint density at radius 2 is 0.827 bits per heavy atom. The predicted molar refractivity (Wildman–Crippen MR) is 216 cm³/mol. The Kier molecular flexibility index (Phi) is 7.17. The van der Waals surface area contributed by atoms with Gasteiger partial charge in [0.15, 0.2) is 0 Å². The topological polar surface area (TPSA) is 11.4 Å². The Labute approximate surface area is 305 Å². The lowest BCUT2D eigenvalue weighted by Gasteiger charge is -2.31. The summed E-state index contributed by atoms with van der Waals surface area (Å²) in [6.45, 7) is 2.25. The molecule has 0 saturated heterocycles. The molecule has 0 N–H and O–H groups in total. The highest BCUT2D eigenvalue weighted by Gasteiger charge is 2.29. The molecule has 2 aliphatic carbocycles. The lowest BCUT2D eigenvalue weighted by Crippen LogP contribution is -2.19. The fourth-order valence-corrected chi connectivity index (χ4v) is 8.38. The number of hydrogen-bond acceptors (Lipinski definition) is 2. The smallest absolute Gasteiger partial charge is 0.127 e. The first-order chi connectivity index (χ1) is 25.7. The summed E-state index contributed by atoms with van der Waals surface area (Å²) in [5, 5.41) is 0. The van der Waals surface area contributed by atoms with Crippen LogP contribution in [-0.4, -0.2) is 4.57 Å². The molecule has 0 saturated carbocycles. The van der Waals surface area contributed by atoms with Gasteiger partial charge in [-0.05, 0) is 137 Å². The summed E-state index contributed by atoms with van der Waals surface area (Å²) < 4.78 is 2.44. The zero-order valence-corrected chi connectivity index (χ0v) is 29.1. The van der Waals surface area contributed by atoms with E-state index in [1.165, 1.54) is 50.1 Å². The molecule has 7 aromatic carbocycles. The van der Waals surface area contributed by atoms with Crippen LogP contribution in [0, 0.1) is 6.92 Å². The van der Waals surface area contributed by atoms with Crippen LogP contribution in [0.15, 0.2) is 182 Å².